The van der Waals surface area contributed by atoms with Gasteiger partial charge in [0, 0.05) is 6.42 Å². The number of hydrogen-bond acceptors (Lipinski definition) is 18. The zero-order chi connectivity index (χ0) is 78.1. The SMILES string of the molecule is CC/C=C\C/C=C\C/C=C\C/C=C\CCCCCCCCCCCCCCCCCCCCC(=O)NC(COC1OC(CO)C(OC2OC(CO)C(OC3OC(CO)C(O)C(O)C3O)C(O)C2O)C(O)C1O)C(O)/C=C/CC/C=C/CCCCCCCCCCCCCCCCCCCCCCCCCCCC. The first-order valence-electron chi connectivity index (χ1n) is 44.2. The number of ether oxygens (including phenoxy) is 6. The number of amides is 1. The Labute approximate surface area is 655 Å². The fourth-order valence-electron chi connectivity index (χ4n) is 14.7. The van der Waals surface area contributed by atoms with Crippen molar-refractivity contribution in [2.75, 3.05) is 26.4 Å². The summed E-state index contributed by atoms with van der Waals surface area (Å²) in [5, 5.41) is 121. The molecule has 3 heterocycles. The highest BCUT2D eigenvalue weighted by Gasteiger charge is 2.54. The number of hydrogen-bond donors (Lipinski definition) is 12. The second kappa shape index (κ2) is 68.6. The molecule has 0 aromatic heterocycles. The molecule has 0 aromatic carbocycles. The highest BCUT2D eigenvalue weighted by atomic mass is 16.8. The van der Waals surface area contributed by atoms with Crippen LogP contribution in [0, 0.1) is 0 Å². The number of nitrogens with one attached hydrogen (secondary N) is 1. The van der Waals surface area contributed by atoms with Gasteiger partial charge in [0.15, 0.2) is 18.9 Å². The van der Waals surface area contributed by atoms with Crippen LogP contribution in [0.1, 0.15) is 354 Å². The molecule has 3 saturated heterocycles. The molecule has 0 bridgehead atoms. The Bertz CT molecular complexity index is 2230. The Balaban J connectivity index is 1.35. The van der Waals surface area contributed by atoms with E-state index in [1.807, 2.05) is 6.08 Å². The number of unbranched alkanes of at least 4 members (excludes halogenated alkanes) is 45. The summed E-state index contributed by atoms with van der Waals surface area (Å²) in [4.78, 5) is 13.5. The predicted octanol–water partition coefficient (Wildman–Crippen LogP) is 16.3. The average molecular weight is 1530 g/mol. The molecule has 3 aliphatic rings. The van der Waals surface area contributed by atoms with E-state index in [0.717, 1.165) is 64.2 Å². The van der Waals surface area contributed by atoms with Gasteiger partial charge in [0.1, 0.15) is 73.2 Å². The van der Waals surface area contributed by atoms with E-state index in [1.54, 1.807) is 6.08 Å². The van der Waals surface area contributed by atoms with Crippen molar-refractivity contribution >= 4 is 5.91 Å². The lowest BCUT2D eigenvalue weighted by molar-refractivity contribution is -0.379. The summed E-state index contributed by atoms with van der Waals surface area (Å²) in [5.41, 5.74) is 0. The number of aliphatic hydroxyl groups excluding tert-OH is 11. The summed E-state index contributed by atoms with van der Waals surface area (Å²) in [6.45, 7) is 1.66. The first-order valence-corrected chi connectivity index (χ1v) is 44.2. The maximum absolute atomic E-state index is 13.5. The zero-order valence-electron chi connectivity index (χ0n) is 67.8. The van der Waals surface area contributed by atoms with Crippen LogP contribution in [0.3, 0.4) is 0 Å². The van der Waals surface area contributed by atoms with Crippen LogP contribution < -0.4 is 5.32 Å². The summed E-state index contributed by atoms with van der Waals surface area (Å²) in [7, 11) is 0. The fraction of sp³-hybridized carbons (Fsp3) is 0.854. The molecule has 0 radical (unpaired) electrons. The maximum atomic E-state index is 13.5. The molecule has 0 spiro atoms. The highest BCUT2D eigenvalue weighted by molar-refractivity contribution is 5.76. The Morgan fingerprint density at radius 1 is 0.343 bits per heavy atom. The molecule has 12 N–H and O–H groups in total. The lowest BCUT2D eigenvalue weighted by Gasteiger charge is -2.48. The molecule has 630 valence electrons. The topological polar surface area (TPSA) is 307 Å². The summed E-state index contributed by atoms with van der Waals surface area (Å²) in [6, 6.07) is -0.994. The Morgan fingerprint density at radius 3 is 1.04 bits per heavy atom. The highest BCUT2D eigenvalue weighted by Crippen LogP contribution is 2.33. The minimum Gasteiger partial charge on any atom is -0.394 e. The molecular weight excluding hydrogens is 1370 g/mol. The molecule has 19 nitrogen and oxygen atoms in total. The molecular formula is C89H161NO18. The molecule has 19 heteroatoms. The molecule has 0 aromatic rings. The van der Waals surface area contributed by atoms with Crippen molar-refractivity contribution < 1.29 is 89.4 Å². The average Bonchev–Trinajstić information content (AvgIpc) is 0.779. The lowest BCUT2D eigenvalue weighted by atomic mass is 9.96. The molecule has 3 rings (SSSR count). The number of allylic oxidation sites excluding steroid dienone is 11. The predicted molar refractivity (Wildman–Crippen MR) is 434 cm³/mol. The van der Waals surface area contributed by atoms with Crippen molar-refractivity contribution in [3.63, 3.8) is 0 Å². The van der Waals surface area contributed by atoms with E-state index >= 15 is 0 Å². The van der Waals surface area contributed by atoms with Crippen molar-refractivity contribution in [1.82, 2.24) is 5.32 Å². The van der Waals surface area contributed by atoms with Crippen LogP contribution in [0.2, 0.25) is 0 Å². The van der Waals surface area contributed by atoms with E-state index in [1.165, 1.54) is 257 Å². The zero-order valence-corrected chi connectivity index (χ0v) is 67.8. The fourth-order valence-corrected chi connectivity index (χ4v) is 14.7. The number of rotatable bonds is 71. The first kappa shape index (κ1) is 99.4. The molecule has 108 heavy (non-hydrogen) atoms. The van der Waals surface area contributed by atoms with Crippen LogP contribution in [0.4, 0.5) is 0 Å². The van der Waals surface area contributed by atoms with Crippen LogP contribution in [0.15, 0.2) is 72.9 Å². The minimum absolute atomic E-state index is 0.235. The second-order valence-electron chi connectivity index (χ2n) is 31.3. The van der Waals surface area contributed by atoms with E-state index in [9.17, 15) is 61.0 Å². The number of carbonyl (C=O) groups is 1. The van der Waals surface area contributed by atoms with Crippen molar-refractivity contribution in [2.24, 2.45) is 0 Å². The number of aliphatic hydroxyl groups is 11. The van der Waals surface area contributed by atoms with Crippen LogP contribution in [-0.4, -0.2) is 193 Å². The van der Waals surface area contributed by atoms with Gasteiger partial charge in [0.2, 0.25) is 5.91 Å². The van der Waals surface area contributed by atoms with Gasteiger partial charge < -0.3 is 89.9 Å². The molecule has 0 saturated carbocycles. The van der Waals surface area contributed by atoms with Crippen molar-refractivity contribution in [3.8, 4) is 0 Å². The molecule has 3 fully saturated rings. The molecule has 17 atom stereocenters. The van der Waals surface area contributed by atoms with Gasteiger partial charge in [-0.3, -0.25) is 4.79 Å². The molecule has 1 amide bonds. The maximum Gasteiger partial charge on any atom is 0.220 e. The van der Waals surface area contributed by atoms with Crippen molar-refractivity contribution in [2.45, 2.75) is 458 Å². The molecule has 3 aliphatic heterocycles. The van der Waals surface area contributed by atoms with Gasteiger partial charge in [-0.05, 0) is 70.6 Å². The van der Waals surface area contributed by atoms with Gasteiger partial charge in [0.25, 0.3) is 0 Å². The Kier molecular flexibility index (Phi) is 63.2. The van der Waals surface area contributed by atoms with E-state index in [2.05, 4.69) is 79.9 Å². The van der Waals surface area contributed by atoms with Gasteiger partial charge >= 0.3 is 0 Å². The molecule has 0 aliphatic carbocycles. The molecule has 17 unspecified atom stereocenters. The minimum atomic E-state index is -1.98. The van der Waals surface area contributed by atoms with Crippen LogP contribution >= 0.6 is 0 Å². The summed E-state index contributed by atoms with van der Waals surface area (Å²) in [6.07, 6.45) is 64.8. The summed E-state index contributed by atoms with van der Waals surface area (Å²) >= 11 is 0. The largest absolute Gasteiger partial charge is 0.394 e. The Hall–Kier alpha value is -2.77. The van der Waals surface area contributed by atoms with Crippen LogP contribution in [-0.2, 0) is 33.2 Å². The lowest BCUT2D eigenvalue weighted by Crippen LogP contribution is -2.66. The van der Waals surface area contributed by atoms with E-state index < -0.39 is 124 Å². The van der Waals surface area contributed by atoms with Crippen LogP contribution in [0.5, 0.6) is 0 Å². The van der Waals surface area contributed by atoms with Gasteiger partial charge in [-0.1, -0.05) is 350 Å². The standard InChI is InChI=1S/C89H161NO18/c1-3-5-7-9-11-13-15-17-19-21-23-25-27-29-31-33-35-37-38-40-42-44-46-48-50-52-54-56-58-60-62-64-66-73(94)72(90-77(95)67-65-63-61-59-57-55-53-51-49-47-45-43-41-39-36-34-32-30-28-26-24-22-20-18-16-14-12-10-8-6-4-2)71-103-87-83(101)80(98)85(75(69-92)105-87)108-89-84(102)81(99)86(76(70-93)106-89)107-88-82(100)79(97)78(96)74(68-91)104-88/h6,8,12,14,18,20,24,26,56,58,64,66,72-76,78-89,91-94,96-102H,3-5,7,9-11,13,15-17,19,21-23,25,27-55,57,59-63,65,67-71H2,1-2H3,(H,90,95)/b8-6-,14-12-,20-18-,26-24-,58-56+,66-64+. The van der Waals surface area contributed by atoms with Gasteiger partial charge in [-0.2, -0.15) is 0 Å². The quantitative estimate of drug-likeness (QED) is 0.0199. The third kappa shape index (κ3) is 47.2. The van der Waals surface area contributed by atoms with Gasteiger partial charge in [-0.15, -0.1) is 0 Å². The van der Waals surface area contributed by atoms with E-state index in [4.69, 9.17) is 28.4 Å². The van der Waals surface area contributed by atoms with E-state index in [0.29, 0.717) is 12.8 Å². The normalized spacial score (nSPS) is 25.7. The van der Waals surface area contributed by atoms with Gasteiger partial charge in [-0.25, -0.2) is 0 Å². The van der Waals surface area contributed by atoms with Crippen molar-refractivity contribution in [1.29, 1.82) is 0 Å². The first-order chi connectivity index (χ1) is 52.8. The summed E-state index contributed by atoms with van der Waals surface area (Å²) in [5.74, 6) is -0.281. The van der Waals surface area contributed by atoms with Crippen LogP contribution in [0.25, 0.3) is 0 Å². The van der Waals surface area contributed by atoms with Crippen molar-refractivity contribution in [3.05, 3.63) is 72.9 Å². The third-order valence-electron chi connectivity index (χ3n) is 21.7. The smallest absolute Gasteiger partial charge is 0.220 e. The monoisotopic (exact) mass is 1530 g/mol. The summed E-state index contributed by atoms with van der Waals surface area (Å²) < 4.78 is 34.5. The third-order valence-corrected chi connectivity index (χ3v) is 21.7. The Morgan fingerprint density at radius 2 is 0.648 bits per heavy atom. The number of carbonyl (C=O) groups excluding carboxylic acids is 1. The van der Waals surface area contributed by atoms with E-state index in [-0.39, 0.29) is 18.9 Å². The van der Waals surface area contributed by atoms with Gasteiger partial charge in [0.05, 0.1) is 38.6 Å². The second-order valence-corrected chi connectivity index (χ2v) is 31.3.